The Kier molecular flexibility index (Phi) is 6.52. The second-order valence-electron chi connectivity index (χ2n) is 6.67. The average Bonchev–Trinajstić information content (AvgIpc) is 2.85. The minimum absolute atomic E-state index is 0.533. The molecule has 0 spiro atoms. The molecule has 4 rings (SSSR count). The Bertz CT molecular complexity index is 1170. The van der Waals surface area contributed by atoms with E-state index in [1.165, 1.54) is 0 Å². The zero-order chi connectivity index (χ0) is 22.2. The van der Waals surface area contributed by atoms with Crippen LogP contribution in [0.15, 0.2) is 83.0 Å². The molecule has 0 bridgehead atoms. The molecule has 2 N–H and O–H groups in total. The van der Waals surface area contributed by atoms with Crippen molar-refractivity contribution in [3.63, 3.8) is 0 Å². The summed E-state index contributed by atoms with van der Waals surface area (Å²) >= 11 is 0. The highest BCUT2D eigenvalue weighted by Gasteiger charge is 2.08. The fraction of sp³-hybridized carbons (Fsp3) is 0.0833. The van der Waals surface area contributed by atoms with Crippen molar-refractivity contribution in [1.82, 2.24) is 10.2 Å². The fourth-order valence-electron chi connectivity index (χ4n) is 3.14. The zero-order valence-electron chi connectivity index (χ0n) is 17.7. The van der Waals surface area contributed by atoms with Crippen molar-refractivity contribution < 1.29 is 9.47 Å². The summed E-state index contributed by atoms with van der Waals surface area (Å²) in [5.41, 5.74) is 7.64. The number of nitrogens with zero attached hydrogens (tertiary/aromatic N) is 4. The topological polar surface area (TPSA) is 93.0 Å². The maximum absolute atomic E-state index is 5.34. The van der Waals surface area contributed by atoms with Gasteiger partial charge in [-0.15, -0.1) is 10.2 Å². The Labute approximate surface area is 185 Å². The van der Waals surface area contributed by atoms with E-state index in [4.69, 9.17) is 9.47 Å². The number of nitrogens with one attached hydrogen (secondary N) is 2. The van der Waals surface area contributed by atoms with Gasteiger partial charge in [-0.3, -0.25) is 10.9 Å². The molecule has 0 fully saturated rings. The minimum atomic E-state index is 0.533. The Morgan fingerprint density at radius 1 is 0.625 bits per heavy atom. The number of aromatic nitrogens is 2. The number of benzene rings is 3. The van der Waals surface area contributed by atoms with Crippen molar-refractivity contribution in [2.24, 2.45) is 10.2 Å². The van der Waals surface area contributed by atoms with Gasteiger partial charge in [0.15, 0.2) is 11.6 Å². The molecule has 0 saturated heterocycles. The summed E-state index contributed by atoms with van der Waals surface area (Å²) in [5.74, 6) is 2.54. The van der Waals surface area contributed by atoms with E-state index in [9.17, 15) is 0 Å². The maximum Gasteiger partial charge on any atom is 0.176 e. The Hall–Kier alpha value is -4.46. The van der Waals surface area contributed by atoms with E-state index in [-0.39, 0.29) is 0 Å². The third kappa shape index (κ3) is 4.65. The smallest absolute Gasteiger partial charge is 0.176 e. The molecule has 3 aromatic carbocycles. The van der Waals surface area contributed by atoms with Crippen LogP contribution in [-0.4, -0.2) is 36.8 Å². The Balaban J connectivity index is 1.55. The number of hydrazone groups is 2. The standard InChI is InChI=1S/C24H22N6O2/c1-31-21-13-7-3-9-17(21)15-25-27-23-19-11-5-6-12-20(19)24(30-29-23)28-26-16-18-10-4-8-14-22(18)32-2/h3-16H,1-2H3,(H,27,29)(H,28,30)/b25-15-,26-16-. The molecular weight excluding hydrogens is 404 g/mol. The third-order valence-electron chi connectivity index (χ3n) is 4.71. The molecule has 0 unspecified atom stereocenters. The van der Waals surface area contributed by atoms with E-state index in [0.29, 0.717) is 11.6 Å². The average molecular weight is 426 g/mol. The van der Waals surface area contributed by atoms with Crippen LogP contribution in [0, 0.1) is 0 Å². The van der Waals surface area contributed by atoms with Crippen LogP contribution in [0.3, 0.4) is 0 Å². The molecular formula is C24H22N6O2. The first-order valence-electron chi connectivity index (χ1n) is 9.89. The summed E-state index contributed by atoms with van der Waals surface area (Å²) in [6.07, 6.45) is 3.36. The van der Waals surface area contributed by atoms with Crippen LogP contribution < -0.4 is 20.3 Å². The summed E-state index contributed by atoms with van der Waals surface area (Å²) in [4.78, 5) is 0. The second-order valence-corrected chi connectivity index (χ2v) is 6.67. The number of para-hydroxylation sites is 2. The number of ether oxygens (including phenoxy) is 2. The normalized spacial score (nSPS) is 11.2. The van der Waals surface area contributed by atoms with Gasteiger partial charge in [0.25, 0.3) is 0 Å². The van der Waals surface area contributed by atoms with E-state index in [1.54, 1.807) is 26.6 Å². The van der Waals surface area contributed by atoms with Crippen LogP contribution in [0.5, 0.6) is 11.5 Å². The van der Waals surface area contributed by atoms with Crippen molar-refractivity contribution in [3.8, 4) is 11.5 Å². The van der Waals surface area contributed by atoms with Crippen molar-refractivity contribution >= 4 is 34.8 Å². The number of methoxy groups -OCH3 is 2. The molecule has 1 heterocycles. The quantitative estimate of drug-likeness (QED) is 0.317. The van der Waals surface area contributed by atoms with E-state index in [0.717, 1.165) is 33.4 Å². The summed E-state index contributed by atoms with van der Waals surface area (Å²) < 4.78 is 10.7. The molecule has 8 heteroatoms. The highest BCUT2D eigenvalue weighted by molar-refractivity contribution is 5.98. The van der Waals surface area contributed by atoms with Gasteiger partial charge in [-0.05, 0) is 24.3 Å². The summed E-state index contributed by atoms with van der Waals surface area (Å²) in [7, 11) is 3.25. The summed E-state index contributed by atoms with van der Waals surface area (Å²) in [5, 5.41) is 18.9. The first-order chi connectivity index (χ1) is 15.8. The molecule has 0 aliphatic rings. The highest BCUT2D eigenvalue weighted by Crippen LogP contribution is 2.26. The number of fused-ring (bicyclic) bond motifs is 1. The van der Waals surface area contributed by atoms with Crippen molar-refractivity contribution in [1.29, 1.82) is 0 Å². The van der Waals surface area contributed by atoms with Crippen LogP contribution in [0.1, 0.15) is 11.1 Å². The lowest BCUT2D eigenvalue weighted by molar-refractivity contribution is 0.414. The van der Waals surface area contributed by atoms with Crippen molar-refractivity contribution in [2.45, 2.75) is 0 Å². The number of rotatable bonds is 8. The Morgan fingerprint density at radius 2 is 1.03 bits per heavy atom. The van der Waals surface area contributed by atoms with Crippen LogP contribution in [0.2, 0.25) is 0 Å². The molecule has 4 aromatic rings. The van der Waals surface area contributed by atoms with Gasteiger partial charge in [0.1, 0.15) is 11.5 Å². The number of anilines is 2. The van der Waals surface area contributed by atoms with Gasteiger partial charge in [0, 0.05) is 21.9 Å². The Morgan fingerprint density at radius 3 is 1.47 bits per heavy atom. The van der Waals surface area contributed by atoms with E-state index >= 15 is 0 Å². The van der Waals surface area contributed by atoms with E-state index in [1.807, 2.05) is 72.8 Å². The van der Waals surface area contributed by atoms with Gasteiger partial charge in [-0.2, -0.15) is 10.2 Å². The van der Waals surface area contributed by atoms with Gasteiger partial charge in [0.2, 0.25) is 0 Å². The minimum Gasteiger partial charge on any atom is -0.496 e. The maximum atomic E-state index is 5.34. The van der Waals surface area contributed by atoms with Gasteiger partial charge in [-0.25, -0.2) is 0 Å². The van der Waals surface area contributed by atoms with Gasteiger partial charge >= 0.3 is 0 Å². The monoisotopic (exact) mass is 426 g/mol. The van der Waals surface area contributed by atoms with Crippen molar-refractivity contribution in [3.05, 3.63) is 83.9 Å². The summed E-state index contributed by atoms with van der Waals surface area (Å²) in [6.45, 7) is 0. The molecule has 32 heavy (non-hydrogen) atoms. The first kappa shape index (κ1) is 20.8. The predicted molar refractivity (Wildman–Crippen MR) is 128 cm³/mol. The first-order valence-corrected chi connectivity index (χ1v) is 9.89. The van der Waals surface area contributed by atoms with Crippen LogP contribution >= 0.6 is 0 Å². The lowest BCUT2D eigenvalue weighted by Gasteiger charge is -2.08. The van der Waals surface area contributed by atoms with Crippen LogP contribution in [0.4, 0.5) is 11.6 Å². The van der Waals surface area contributed by atoms with Crippen LogP contribution in [-0.2, 0) is 0 Å². The second kappa shape index (κ2) is 10.0. The van der Waals surface area contributed by atoms with E-state index in [2.05, 4.69) is 31.3 Å². The lowest BCUT2D eigenvalue weighted by atomic mass is 10.2. The molecule has 160 valence electrons. The number of hydrogen-bond donors (Lipinski definition) is 2. The van der Waals surface area contributed by atoms with Crippen LogP contribution in [0.25, 0.3) is 10.8 Å². The molecule has 0 amide bonds. The molecule has 0 radical (unpaired) electrons. The largest absolute Gasteiger partial charge is 0.496 e. The van der Waals surface area contributed by atoms with E-state index < -0.39 is 0 Å². The number of hydrogen-bond acceptors (Lipinski definition) is 8. The molecule has 0 saturated carbocycles. The lowest BCUT2D eigenvalue weighted by Crippen LogP contribution is -2.02. The highest BCUT2D eigenvalue weighted by atomic mass is 16.5. The molecule has 1 aromatic heterocycles. The van der Waals surface area contributed by atoms with Gasteiger partial charge in [-0.1, -0.05) is 48.5 Å². The fourth-order valence-corrected chi connectivity index (χ4v) is 3.14. The van der Waals surface area contributed by atoms with Gasteiger partial charge in [0.05, 0.1) is 26.6 Å². The third-order valence-corrected chi connectivity index (χ3v) is 4.71. The summed E-state index contributed by atoms with van der Waals surface area (Å²) in [6, 6.07) is 23.0. The molecule has 8 nitrogen and oxygen atoms in total. The SMILES string of the molecule is COc1ccccc1/C=N\Nc1nnc(N/N=C\c2ccccc2OC)c2ccccc12. The predicted octanol–water partition coefficient (Wildman–Crippen LogP) is 4.54. The zero-order valence-corrected chi connectivity index (χ0v) is 17.7. The molecule has 0 atom stereocenters. The van der Waals surface area contributed by atoms with Crippen molar-refractivity contribution in [2.75, 3.05) is 25.1 Å². The molecule has 0 aliphatic heterocycles. The van der Waals surface area contributed by atoms with Gasteiger partial charge < -0.3 is 9.47 Å². The molecule has 0 aliphatic carbocycles.